The minimum Gasteiger partial charge on any atom is -0.354 e. The van der Waals surface area contributed by atoms with E-state index in [1.54, 1.807) is 9.80 Å². The summed E-state index contributed by atoms with van der Waals surface area (Å²) in [5, 5.41) is 2.89. The Balaban J connectivity index is 1.47. The van der Waals surface area contributed by atoms with Crippen molar-refractivity contribution in [3.8, 4) is 0 Å². The van der Waals surface area contributed by atoms with Crippen LogP contribution in [0.3, 0.4) is 0 Å². The summed E-state index contributed by atoms with van der Waals surface area (Å²) < 4.78 is 0. The standard InChI is InChI=1S/C20H23N3O2/c1-16-7-9-18(10-8-16)23-14-13-22(20(23)25)15-19(24)21-12-11-17-5-3-2-4-6-17/h2-10H,11-15H2,1H3,(H,21,24). The van der Waals surface area contributed by atoms with E-state index in [0.29, 0.717) is 19.6 Å². The Bertz CT molecular complexity index is 728. The van der Waals surface area contributed by atoms with Gasteiger partial charge in [0, 0.05) is 25.3 Å². The predicted molar refractivity (Wildman–Crippen MR) is 98.6 cm³/mol. The lowest BCUT2D eigenvalue weighted by Gasteiger charge is -2.18. The number of amides is 3. The van der Waals surface area contributed by atoms with Crippen LogP contribution in [-0.4, -0.2) is 43.0 Å². The lowest BCUT2D eigenvalue weighted by atomic mass is 10.1. The Morgan fingerprint density at radius 3 is 2.48 bits per heavy atom. The van der Waals surface area contributed by atoms with Crippen molar-refractivity contribution in [3.05, 3.63) is 65.7 Å². The summed E-state index contributed by atoms with van der Waals surface area (Å²) in [6, 6.07) is 17.8. The van der Waals surface area contributed by atoms with Crippen molar-refractivity contribution in [1.82, 2.24) is 10.2 Å². The Kier molecular flexibility index (Phi) is 5.33. The summed E-state index contributed by atoms with van der Waals surface area (Å²) in [6.45, 7) is 3.88. The van der Waals surface area contributed by atoms with Crippen LogP contribution in [0.1, 0.15) is 11.1 Å². The summed E-state index contributed by atoms with van der Waals surface area (Å²) in [4.78, 5) is 27.9. The molecule has 5 heteroatoms. The fraction of sp³-hybridized carbons (Fsp3) is 0.300. The Labute approximate surface area is 148 Å². The van der Waals surface area contributed by atoms with Crippen LogP contribution in [0.4, 0.5) is 10.5 Å². The molecule has 1 aliphatic rings. The maximum absolute atomic E-state index is 12.5. The van der Waals surface area contributed by atoms with E-state index < -0.39 is 0 Å². The van der Waals surface area contributed by atoms with Gasteiger partial charge in [-0.3, -0.25) is 9.69 Å². The molecule has 0 aliphatic carbocycles. The van der Waals surface area contributed by atoms with E-state index in [1.165, 1.54) is 5.56 Å². The van der Waals surface area contributed by atoms with E-state index in [-0.39, 0.29) is 18.5 Å². The molecule has 130 valence electrons. The van der Waals surface area contributed by atoms with Gasteiger partial charge in [-0.25, -0.2) is 4.79 Å². The second kappa shape index (κ2) is 7.83. The number of hydrogen-bond donors (Lipinski definition) is 1. The third-order valence-electron chi connectivity index (χ3n) is 4.35. The zero-order valence-electron chi connectivity index (χ0n) is 14.4. The van der Waals surface area contributed by atoms with Gasteiger partial charge in [0.1, 0.15) is 6.54 Å². The van der Waals surface area contributed by atoms with Crippen molar-refractivity contribution in [2.45, 2.75) is 13.3 Å². The van der Waals surface area contributed by atoms with Gasteiger partial charge in [0.15, 0.2) is 0 Å². The van der Waals surface area contributed by atoms with Crippen LogP contribution in [0, 0.1) is 6.92 Å². The first-order valence-electron chi connectivity index (χ1n) is 8.57. The van der Waals surface area contributed by atoms with Gasteiger partial charge >= 0.3 is 6.03 Å². The minimum absolute atomic E-state index is 0.107. The van der Waals surface area contributed by atoms with Crippen LogP contribution in [0.15, 0.2) is 54.6 Å². The number of aryl methyl sites for hydroxylation is 1. The number of carbonyl (C=O) groups excluding carboxylic acids is 2. The highest BCUT2D eigenvalue weighted by Crippen LogP contribution is 2.20. The number of carbonyl (C=O) groups is 2. The summed E-state index contributed by atoms with van der Waals surface area (Å²) in [5.74, 6) is -0.116. The fourth-order valence-electron chi connectivity index (χ4n) is 2.91. The summed E-state index contributed by atoms with van der Waals surface area (Å²) in [7, 11) is 0. The summed E-state index contributed by atoms with van der Waals surface area (Å²) >= 11 is 0. The molecule has 1 aliphatic heterocycles. The molecule has 0 radical (unpaired) electrons. The topological polar surface area (TPSA) is 52.6 Å². The monoisotopic (exact) mass is 337 g/mol. The van der Waals surface area contributed by atoms with E-state index in [1.807, 2.05) is 61.5 Å². The average molecular weight is 337 g/mol. The quantitative estimate of drug-likeness (QED) is 0.881. The predicted octanol–water partition coefficient (Wildman–Crippen LogP) is 2.60. The Morgan fingerprint density at radius 1 is 1.04 bits per heavy atom. The van der Waals surface area contributed by atoms with Crippen LogP contribution in [0.2, 0.25) is 0 Å². The van der Waals surface area contributed by atoms with Gasteiger partial charge < -0.3 is 10.2 Å². The van der Waals surface area contributed by atoms with Crippen molar-refractivity contribution in [2.75, 3.05) is 31.1 Å². The molecule has 1 heterocycles. The van der Waals surface area contributed by atoms with Crippen molar-refractivity contribution in [2.24, 2.45) is 0 Å². The van der Waals surface area contributed by atoms with Crippen molar-refractivity contribution >= 4 is 17.6 Å². The highest BCUT2D eigenvalue weighted by molar-refractivity contribution is 5.96. The van der Waals surface area contributed by atoms with E-state index >= 15 is 0 Å². The first kappa shape index (κ1) is 17.0. The molecule has 0 atom stereocenters. The number of nitrogens with zero attached hydrogens (tertiary/aromatic N) is 2. The van der Waals surface area contributed by atoms with Gasteiger partial charge in [-0.2, -0.15) is 0 Å². The van der Waals surface area contributed by atoms with Gasteiger partial charge in [-0.1, -0.05) is 48.0 Å². The summed E-state index contributed by atoms with van der Waals surface area (Å²) in [5.41, 5.74) is 3.22. The van der Waals surface area contributed by atoms with Crippen LogP contribution < -0.4 is 10.2 Å². The lowest BCUT2D eigenvalue weighted by Crippen LogP contribution is -2.40. The molecule has 0 unspecified atom stereocenters. The van der Waals surface area contributed by atoms with Crippen LogP contribution >= 0.6 is 0 Å². The zero-order chi connectivity index (χ0) is 17.6. The highest BCUT2D eigenvalue weighted by atomic mass is 16.2. The third kappa shape index (κ3) is 4.38. The zero-order valence-corrected chi connectivity index (χ0v) is 14.4. The molecule has 0 saturated carbocycles. The van der Waals surface area contributed by atoms with Gasteiger partial charge in [-0.05, 0) is 31.0 Å². The normalized spacial score (nSPS) is 14.0. The molecule has 2 aromatic rings. The molecule has 0 aromatic heterocycles. The number of urea groups is 1. The molecule has 3 rings (SSSR count). The number of nitrogens with one attached hydrogen (secondary N) is 1. The smallest absolute Gasteiger partial charge is 0.325 e. The maximum Gasteiger partial charge on any atom is 0.325 e. The number of rotatable bonds is 6. The van der Waals surface area contributed by atoms with Crippen LogP contribution in [-0.2, 0) is 11.2 Å². The Morgan fingerprint density at radius 2 is 1.76 bits per heavy atom. The Hall–Kier alpha value is -2.82. The molecule has 2 aromatic carbocycles. The van der Waals surface area contributed by atoms with E-state index in [2.05, 4.69) is 5.32 Å². The van der Waals surface area contributed by atoms with Crippen molar-refractivity contribution in [1.29, 1.82) is 0 Å². The maximum atomic E-state index is 12.5. The van der Waals surface area contributed by atoms with E-state index in [4.69, 9.17) is 0 Å². The number of hydrogen-bond acceptors (Lipinski definition) is 2. The molecule has 25 heavy (non-hydrogen) atoms. The second-order valence-electron chi connectivity index (χ2n) is 6.28. The highest BCUT2D eigenvalue weighted by Gasteiger charge is 2.30. The third-order valence-corrected chi connectivity index (χ3v) is 4.35. The van der Waals surface area contributed by atoms with Crippen LogP contribution in [0.25, 0.3) is 0 Å². The molecule has 5 nitrogen and oxygen atoms in total. The van der Waals surface area contributed by atoms with Gasteiger partial charge in [0.2, 0.25) is 5.91 Å². The molecule has 1 N–H and O–H groups in total. The molecule has 0 bridgehead atoms. The van der Waals surface area contributed by atoms with Crippen molar-refractivity contribution < 1.29 is 9.59 Å². The molecular formula is C20H23N3O2. The number of benzene rings is 2. The molecule has 1 fully saturated rings. The second-order valence-corrected chi connectivity index (χ2v) is 6.28. The van der Waals surface area contributed by atoms with Crippen molar-refractivity contribution in [3.63, 3.8) is 0 Å². The first-order valence-corrected chi connectivity index (χ1v) is 8.57. The molecule has 3 amide bonds. The van der Waals surface area contributed by atoms with Gasteiger partial charge in [0.05, 0.1) is 0 Å². The fourth-order valence-corrected chi connectivity index (χ4v) is 2.91. The van der Waals surface area contributed by atoms with Crippen LogP contribution in [0.5, 0.6) is 0 Å². The minimum atomic E-state index is -0.116. The first-order chi connectivity index (χ1) is 12.1. The summed E-state index contributed by atoms with van der Waals surface area (Å²) in [6.07, 6.45) is 0.788. The molecule has 1 saturated heterocycles. The average Bonchev–Trinajstić information content (AvgIpc) is 2.97. The van der Waals surface area contributed by atoms with E-state index in [0.717, 1.165) is 17.7 Å². The van der Waals surface area contributed by atoms with Gasteiger partial charge in [0.25, 0.3) is 0 Å². The molecule has 0 spiro atoms. The van der Waals surface area contributed by atoms with E-state index in [9.17, 15) is 9.59 Å². The SMILES string of the molecule is Cc1ccc(N2CCN(CC(=O)NCCc3ccccc3)C2=O)cc1. The lowest BCUT2D eigenvalue weighted by molar-refractivity contribution is -0.121. The number of anilines is 1. The largest absolute Gasteiger partial charge is 0.354 e. The van der Waals surface area contributed by atoms with Gasteiger partial charge in [-0.15, -0.1) is 0 Å². The molecular weight excluding hydrogens is 314 g/mol.